The van der Waals surface area contributed by atoms with E-state index in [1.54, 1.807) is 12.3 Å². The summed E-state index contributed by atoms with van der Waals surface area (Å²) < 4.78 is 0. The van der Waals surface area contributed by atoms with Crippen LogP contribution in [0.5, 0.6) is 0 Å². The van der Waals surface area contributed by atoms with Gasteiger partial charge in [-0.25, -0.2) is 9.78 Å². The summed E-state index contributed by atoms with van der Waals surface area (Å²) in [4.78, 5) is 15.6. The first-order valence-electron chi connectivity index (χ1n) is 5.36. The molecule has 6 heteroatoms. The van der Waals surface area contributed by atoms with E-state index in [0.717, 1.165) is 12.8 Å². The average molecular weight is 241 g/mol. The highest BCUT2D eigenvalue weighted by molar-refractivity contribution is 7.13. The quantitative estimate of drug-likeness (QED) is 0.756. The second kappa shape index (κ2) is 4.80. The van der Waals surface area contributed by atoms with E-state index < -0.39 is 6.10 Å². The number of hydrogen-bond acceptors (Lipinski definition) is 4. The third-order valence-electron chi connectivity index (χ3n) is 2.61. The normalized spacial score (nSPS) is 17.6. The second-order valence-corrected chi connectivity index (χ2v) is 4.84. The maximum Gasteiger partial charge on any atom is 0.321 e. The number of carbonyl (C=O) groups is 1. The summed E-state index contributed by atoms with van der Waals surface area (Å²) in [5, 5.41) is 17.1. The Balaban J connectivity index is 1.85. The zero-order valence-corrected chi connectivity index (χ0v) is 9.88. The number of carbonyl (C=O) groups excluding carboxylic acids is 1. The molecule has 0 aromatic carbocycles. The molecule has 0 saturated heterocycles. The number of thiazole rings is 1. The molecule has 1 heterocycles. The van der Waals surface area contributed by atoms with Crippen LogP contribution in [0.25, 0.3) is 0 Å². The number of amides is 2. The first kappa shape index (κ1) is 11.3. The molecular formula is C10H15N3O2S. The molecule has 1 aromatic heterocycles. The minimum Gasteiger partial charge on any atom is -0.387 e. The van der Waals surface area contributed by atoms with E-state index in [1.807, 2.05) is 0 Å². The number of aromatic nitrogens is 1. The van der Waals surface area contributed by atoms with E-state index in [-0.39, 0.29) is 6.03 Å². The first-order chi connectivity index (χ1) is 7.65. The molecule has 0 aliphatic heterocycles. The summed E-state index contributed by atoms with van der Waals surface area (Å²) in [6, 6.07) is 0.104. The molecule has 0 radical (unpaired) electrons. The van der Waals surface area contributed by atoms with Crippen molar-refractivity contribution in [2.75, 3.05) is 5.32 Å². The van der Waals surface area contributed by atoms with E-state index in [1.165, 1.54) is 17.8 Å². The van der Waals surface area contributed by atoms with E-state index in [9.17, 15) is 9.90 Å². The van der Waals surface area contributed by atoms with Gasteiger partial charge in [0.25, 0.3) is 0 Å². The van der Waals surface area contributed by atoms with Crippen LogP contribution in [0, 0.1) is 0 Å². The highest BCUT2D eigenvalue weighted by Gasteiger charge is 2.19. The number of nitrogens with one attached hydrogen (secondary N) is 2. The van der Waals surface area contributed by atoms with Gasteiger partial charge in [-0.15, -0.1) is 11.3 Å². The highest BCUT2D eigenvalue weighted by Crippen LogP contribution is 2.21. The van der Waals surface area contributed by atoms with Crippen molar-refractivity contribution in [1.82, 2.24) is 10.3 Å². The van der Waals surface area contributed by atoms with Gasteiger partial charge in [0.2, 0.25) is 0 Å². The lowest BCUT2D eigenvalue weighted by molar-refractivity contribution is 0.195. The van der Waals surface area contributed by atoms with Gasteiger partial charge in [-0.3, -0.25) is 5.32 Å². The number of nitrogens with zero attached hydrogens (tertiary/aromatic N) is 1. The number of hydrogen-bond donors (Lipinski definition) is 3. The van der Waals surface area contributed by atoms with Gasteiger partial charge in [0.1, 0.15) is 0 Å². The second-order valence-electron chi connectivity index (χ2n) is 3.98. The molecule has 2 rings (SSSR count). The molecule has 1 aliphatic carbocycles. The zero-order valence-electron chi connectivity index (χ0n) is 9.06. The van der Waals surface area contributed by atoms with Gasteiger partial charge in [-0.05, 0) is 26.2 Å². The fourth-order valence-electron chi connectivity index (χ4n) is 1.41. The Hall–Kier alpha value is -1.14. The zero-order chi connectivity index (χ0) is 11.5. The molecule has 0 bridgehead atoms. The van der Waals surface area contributed by atoms with Crippen molar-refractivity contribution in [3.63, 3.8) is 0 Å². The number of anilines is 1. The van der Waals surface area contributed by atoms with E-state index in [0.29, 0.717) is 16.9 Å². The minimum absolute atomic E-state index is 0.212. The smallest absolute Gasteiger partial charge is 0.321 e. The van der Waals surface area contributed by atoms with Gasteiger partial charge in [0, 0.05) is 11.4 Å². The third kappa shape index (κ3) is 2.70. The molecule has 16 heavy (non-hydrogen) atoms. The van der Waals surface area contributed by atoms with Crippen molar-refractivity contribution in [2.24, 2.45) is 0 Å². The Labute approximate surface area is 97.9 Å². The summed E-state index contributed by atoms with van der Waals surface area (Å²) in [6.45, 7) is 1.65. The van der Waals surface area contributed by atoms with Crippen LogP contribution in [0.15, 0.2) is 5.38 Å². The lowest BCUT2D eigenvalue weighted by atomic mass is 9.93. The maximum absolute atomic E-state index is 11.5. The highest BCUT2D eigenvalue weighted by atomic mass is 32.1. The van der Waals surface area contributed by atoms with Gasteiger partial charge in [0.05, 0.1) is 11.8 Å². The lowest BCUT2D eigenvalue weighted by Crippen LogP contribution is -2.41. The van der Waals surface area contributed by atoms with Crippen LogP contribution in [-0.4, -0.2) is 22.2 Å². The van der Waals surface area contributed by atoms with Crippen LogP contribution in [-0.2, 0) is 0 Å². The summed E-state index contributed by atoms with van der Waals surface area (Å²) in [5.41, 5.74) is 0.587. The number of urea groups is 1. The molecule has 1 fully saturated rings. The van der Waals surface area contributed by atoms with Crippen molar-refractivity contribution in [3.8, 4) is 0 Å². The SMILES string of the molecule is CC(O)c1csc(NC(=O)NC2CCC2)n1. The Morgan fingerprint density at radius 2 is 2.44 bits per heavy atom. The van der Waals surface area contributed by atoms with Crippen LogP contribution >= 0.6 is 11.3 Å². The van der Waals surface area contributed by atoms with Crippen molar-refractivity contribution in [3.05, 3.63) is 11.1 Å². The largest absolute Gasteiger partial charge is 0.387 e. The molecule has 0 spiro atoms. The Morgan fingerprint density at radius 1 is 1.69 bits per heavy atom. The maximum atomic E-state index is 11.5. The van der Waals surface area contributed by atoms with Gasteiger partial charge in [0.15, 0.2) is 5.13 Å². The van der Waals surface area contributed by atoms with Crippen LogP contribution in [0.3, 0.4) is 0 Å². The van der Waals surface area contributed by atoms with Gasteiger partial charge >= 0.3 is 6.03 Å². The molecule has 1 saturated carbocycles. The molecule has 3 N–H and O–H groups in total. The molecule has 88 valence electrons. The van der Waals surface area contributed by atoms with Gasteiger partial charge in [-0.1, -0.05) is 0 Å². The summed E-state index contributed by atoms with van der Waals surface area (Å²) in [6.07, 6.45) is 2.71. The molecule has 5 nitrogen and oxygen atoms in total. The third-order valence-corrected chi connectivity index (χ3v) is 3.39. The Bertz CT molecular complexity index is 374. The molecule has 1 aliphatic rings. The van der Waals surface area contributed by atoms with Crippen LogP contribution < -0.4 is 10.6 Å². The lowest BCUT2D eigenvalue weighted by Gasteiger charge is -2.26. The van der Waals surface area contributed by atoms with E-state index >= 15 is 0 Å². The van der Waals surface area contributed by atoms with Crippen LogP contribution in [0.2, 0.25) is 0 Å². The molecule has 1 unspecified atom stereocenters. The summed E-state index contributed by atoms with van der Waals surface area (Å²) in [7, 11) is 0. The van der Waals surface area contributed by atoms with Gasteiger partial charge in [-0.2, -0.15) is 0 Å². The van der Waals surface area contributed by atoms with Crippen molar-refractivity contribution >= 4 is 22.5 Å². The van der Waals surface area contributed by atoms with Crippen molar-refractivity contribution in [2.45, 2.75) is 38.3 Å². The summed E-state index contributed by atoms with van der Waals surface area (Å²) >= 11 is 1.32. The Morgan fingerprint density at radius 3 is 2.94 bits per heavy atom. The fourth-order valence-corrected chi connectivity index (χ4v) is 2.20. The van der Waals surface area contributed by atoms with Crippen LogP contribution in [0.1, 0.15) is 38.0 Å². The topological polar surface area (TPSA) is 74.2 Å². The standard InChI is InChI=1S/C10H15N3O2S/c1-6(14)8-5-16-10(12-8)13-9(15)11-7-3-2-4-7/h5-7,14H,2-4H2,1H3,(H2,11,12,13,15). The van der Waals surface area contributed by atoms with Crippen LogP contribution in [0.4, 0.5) is 9.93 Å². The predicted octanol–water partition coefficient (Wildman–Crippen LogP) is 1.87. The van der Waals surface area contributed by atoms with Gasteiger partial charge < -0.3 is 10.4 Å². The first-order valence-corrected chi connectivity index (χ1v) is 6.24. The molecular weight excluding hydrogens is 226 g/mol. The summed E-state index contributed by atoms with van der Waals surface area (Å²) in [5.74, 6) is 0. The number of aliphatic hydroxyl groups is 1. The van der Waals surface area contributed by atoms with E-state index in [4.69, 9.17) is 0 Å². The van der Waals surface area contributed by atoms with Crippen molar-refractivity contribution < 1.29 is 9.90 Å². The van der Waals surface area contributed by atoms with E-state index in [2.05, 4.69) is 15.6 Å². The minimum atomic E-state index is -0.596. The fraction of sp³-hybridized carbons (Fsp3) is 0.600. The average Bonchev–Trinajstić information content (AvgIpc) is 2.60. The monoisotopic (exact) mass is 241 g/mol. The molecule has 1 aromatic rings. The van der Waals surface area contributed by atoms with Crippen molar-refractivity contribution in [1.29, 1.82) is 0 Å². The molecule has 1 atom stereocenters. The Kier molecular flexibility index (Phi) is 3.40. The number of aliphatic hydroxyl groups excluding tert-OH is 1. The molecule has 2 amide bonds. The predicted molar refractivity (Wildman–Crippen MR) is 62.5 cm³/mol. The number of rotatable bonds is 3.